The topological polar surface area (TPSA) is 35.2 Å². The fraction of sp³-hybridized carbons (Fsp3) is 0.571. The Kier molecular flexibility index (Phi) is 2.96. The standard InChI is InChI=1S/C14H16F3NO/c15-14(16,17)19-9-4-1-3-8(7-9)13(18)12-10-5-2-6-11(10)12/h1,3-4,7,10-13H,2,5-6,18H2. The summed E-state index contributed by atoms with van der Waals surface area (Å²) in [5.41, 5.74) is 6.92. The molecule has 0 spiro atoms. The van der Waals surface area contributed by atoms with Crippen LogP contribution in [0.15, 0.2) is 24.3 Å². The lowest BCUT2D eigenvalue weighted by atomic mass is 9.98. The van der Waals surface area contributed by atoms with Crippen LogP contribution in [0.4, 0.5) is 13.2 Å². The second-order valence-electron chi connectivity index (χ2n) is 5.48. The number of nitrogens with two attached hydrogens (primary N) is 1. The lowest BCUT2D eigenvalue weighted by Gasteiger charge is -2.16. The van der Waals surface area contributed by atoms with E-state index in [9.17, 15) is 13.2 Å². The Morgan fingerprint density at radius 2 is 1.89 bits per heavy atom. The van der Waals surface area contributed by atoms with Gasteiger partial charge in [0.2, 0.25) is 0 Å². The van der Waals surface area contributed by atoms with Gasteiger partial charge < -0.3 is 10.5 Å². The van der Waals surface area contributed by atoms with Gasteiger partial charge in [-0.25, -0.2) is 0 Å². The second kappa shape index (κ2) is 4.40. The highest BCUT2D eigenvalue weighted by Crippen LogP contribution is 2.61. The van der Waals surface area contributed by atoms with Crippen LogP contribution in [0.3, 0.4) is 0 Å². The van der Waals surface area contributed by atoms with E-state index in [1.54, 1.807) is 12.1 Å². The molecule has 1 aromatic rings. The minimum atomic E-state index is -4.65. The average molecular weight is 271 g/mol. The fourth-order valence-electron chi connectivity index (χ4n) is 3.55. The van der Waals surface area contributed by atoms with Crippen molar-refractivity contribution in [3.05, 3.63) is 29.8 Å². The minimum absolute atomic E-state index is 0.174. The minimum Gasteiger partial charge on any atom is -0.406 e. The van der Waals surface area contributed by atoms with Crippen molar-refractivity contribution >= 4 is 0 Å². The Hall–Kier alpha value is -1.23. The predicted molar refractivity (Wildman–Crippen MR) is 64.4 cm³/mol. The van der Waals surface area contributed by atoms with E-state index >= 15 is 0 Å². The number of ether oxygens (including phenoxy) is 1. The second-order valence-corrected chi connectivity index (χ2v) is 5.48. The first kappa shape index (κ1) is 12.8. The summed E-state index contributed by atoms with van der Waals surface area (Å²) >= 11 is 0. The zero-order chi connectivity index (χ0) is 13.6. The van der Waals surface area contributed by atoms with Crippen molar-refractivity contribution in [2.75, 3.05) is 0 Å². The first-order valence-electron chi connectivity index (χ1n) is 6.57. The normalized spacial score (nSPS) is 30.8. The van der Waals surface area contributed by atoms with Crippen molar-refractivity contribution in [1.82, 2.24) is 0 Å². The molecule has 0 aliphatic heterocycles. The summed E-state index contributed by atoms with van der Waals surface area (Å²) in [5.74, 6) is 1.62. The molecule has 0 heterocycles. The Balaban J connectivity index is 1.72. The molecule has 2 aliphatic carbocycles. The van der Waals surface area contributed by atoms with Gasteiger partial charge >= 0.3 is 6.36 Å². The van der Waals surface area contributed by atoms with Crippen LogP contribution in [0.25, 0.3) is 0 Å². The maximum absolute atomic E-state index is 12.2. The summed E-state index contributed by atoms with van der Waals surface area (Å²) in [7, 11) is 0. The van der Waals surface area contributed by atoms with Crippen LogP contribution < -0.4 is 10.5 Å². The summed E-state index contributed by atoms with van der Waals surface area (Å²) in [4.78, 5) is 0. The number of hydrogen-bond donors (Lipinski definition) is 1. The highest BCUT2D eigenvalue weighted by Gasteiger charge is 2.55. The number of fused-ring (bicyclic) bond motifs is 1. The van der Waals surface area contributed by atoms with Crippen LogP contribution in [0.1, 0.15) is 30.9 Å². The Labute approximate surface area is 109 Å². The van der Waals surface area contributed by atoms with Gasteiger partial charge in [-0.2, -0.15) is 0 Å². The van der Waals surface area contributed by atoms with E-state index in [0.29, 0.717) is 17.8 Å². The van der Waals surface area contributed by atoms with Crippen LogP contribution in [0, 0.1) is 17.8 Å². The number of benzene rings is 1. The predicted octanol–water partition coefficient (Wildman–Crippen LogP) is 3.63. The Morgan fingerprint density at radius 1 is 1.21 bits per heavy atom. The molecular formula is C14H16F3NO. The van der Waals surface area contributed by atoms with Gasteiger partial charge in [0.25, 0.3) is 0 Å². The van der Waals surface area contributed by atoms with Crippen molar-refractivity contribution in [1.29, 1.82) is 0 Å². The zero-order valence-corrected chi connectivity index (χ0v) is 10.4. The fourth-order valence-corrected chi connectivity index (χ4v) is 3.55. The molecule has 0 bridgehead atoms. The first-order valence-corrected chi connectivity index (χ1v) is 6.57. The van der Waals surface area contributed by atoms with Gasteiger partial charge in [-0.3, -0.25) is 0 Å². The third-order valence-electron chi connectivity index (χ3n) is 4.36. The van der Waals surface area contributed by atoms with E-state index in [4.69, 9.17) is 5.73 Å². The lowest BCUT2D eigenvalue weighted by molar-refractivity contribution is -0.274. The molecule has 2 fully saturated rings. The van der Waals surface area contributed by atoms with Gasteiger partial charge in [-0.05, 0) is 48.3 Å². The molecule has 0 aromatic heterocycles. The van der Waals surface area contributed by atoms with E-state index in [2.05, 4.69) is 4.74 Å². The van der Waals surface area contributed by atoms with Crippen molar-refractivity contribution in [3.8, 4) is 5.75 Å². The van der Waals surface area contributed by atoms with Crippen LogP contribution in [0.5, 0.6) is 5.75 Å². The van der Waals surface area contributed by atoms with Gasteiger partial charge in [-0.15, -0.1) is 13.2 Å². The van der Waals surface area contributed by atoms with Crippen LogP contribution in [-0.2, 0) is 0 Å². The summed E-state index contributed by atoms with van der Waals surface area (Å²) in [5, 5.41) is 0. The van der Waals surface area contributed by atoms with Crippen molar-refractivity contribution in [2.45, 2.75) is 31.7 Å². The maximum atomic E-state index is 12.2. The van der Waals surface area contributed by atoms with E-state index in [1.165, 1.54) is 31.4 Å². The molecule has 2 aliphatic rings. The third kappa shape index (κ3) is 2.56. The largest absolute Gasteiger partial charge is 0.573 e. The molecular weight excluding hydrogens is 255 g/mol. The number of rotatable bonds is 3. The molecule has 3 rings (SSSR count). The molecule has 3 atom stereocenters. The lowest BCUT2D eigenvalue weighted by Crippen LogP contribution is -2.18. The molecule has 0 radical (unpaired) electrons. The molecule has 2 saturated carbocycles. The average Bonchev–Trinajstić information content (AvgIpc) is 2.79. The number of halogens is 3. The molecule has 3 unspecified atom stereocenters. The summed E-state index contributed by atoms with van der Waals surface area (Å²) in [6.07, 6.45) is -0.974. The highest BCUT2D eigenvalue weighted by molar-refractivity contribution is 5.32. The Morgan fingerprint density at radius 3 is 2.53 bits per heavy atom. The van der Waals surface area contributed by atoms with Gasteiger partial charge in [0.1, 0.15) is 5.75 Å². The summed E-state index contributed by atoms with van der Waals surface area (Å²) < 4.78 is 40.5. The monoisotopic (exact) mass is 271 g/mol. The summed E-state index contributed by atoms with van der Waals surface area (Å²) in [6.45, 7) is 0. The summed E-state index contributed by atoms with van der Waals surface area (Å²) in [6, 6.07) is 5.88. The zero-order valence-electron chi connectivity index (χ0n) is 10.4. The first-order chi connectivity index (χ1) is 8.96. The molecule has 2 N–H and O–H groups in total. The van der Waals surface area contributed by atoms with E-state index in [1.807, 2.05) is 0 Å². The van der Waals surface area contributed by atoms with E-state index in [0.717, 1.165) is 5.56 Å². The van der Waals surface area contributed by atoms with Gasteiger partial charge in [0, 0.05) is 6.04 Å². The van der Waals surface area contributed by atoms with Gasteiger partial charge in [0.05, 0.1) is 0 Å². The molecule has 104 valence electrons. The van der Waals surface area contributed by atoms with Gasteiger partial charge in [-0.1, -0.05) is 18.6 Å². The van der Waals surface area contributed by atoms with Crippen molar-refractivity contribution in [3.63, 3.8) is 0 Å². The van der Waals surface area contributed by atoms with E-state index in [-0.39, 0.29) is 11.8 Å². The molecule has 0 saturated heterocycles. The Bertz CT molecular complexity index is 464. The third-order valence-corrected chi connectivity index (χ3v) is 4.36. The molecule has 19 heavy (non-hydrogen) atoms. The molecule has 1 aromatic carbocycles. The van der Waals surface area contributed by atoms with Crippen LogP contribution in [0.2, 0.25) is 0 Å². The van der Waals surface area contributed by atoms with Crippen LogP contribution in [-0.4, -0.2) is 6.36 Å². The SMILES string of the molecule is NC(c1cccc(OC(F)(F)F)c1)C1C2CCCC21. The highest BCUT2D eigenvalue weighted by atomic mass is 19.4. The maximum Gasteiger partial charge on any atom is 0.573 e. The molecule has 0 amide bonds. The quantitative estimate of drug-likeness (QED) is 0.911. The van der Waals surface area contributed by atoms with E-state index < -0.39 is 6.36 Å². The number of alkyl halides is 3. The van der Waals surface area contributed by atoms with Crippen LogP contribution >= 0.6 is 0 Å². The number of hydrogen-bond acceptors (Lipinski definition) is 2. The smallest absolute Gasteiger partial charge is 0.406 e. The van der Waals surface area contributed by atoms with Gasteiger partial charge in [0.15, 0.2) is 0 Å². The molecule has 2 nitrogen and oxygen atoms in total. The van der Waals surface area contributed by atoms with Crippen molar-refractivity contribution < 1.29 is 17.9 Å². The molecule has 5 heteroatoms. The van der Waals surface area contributed by atoms with Crippen molar-refractivity contribution in [2.24, 2.45) is 23.5 Å².